The molecule has 1 amide bonds. The average Bonchev–Trinajstić information content (AvgIpc) is 2.78. The number of rotatable bonds is 5. The van der Waals surface area contributed by atoms with Crippen LogP contribution in [0.1, 0.15) is 19.8 Å². The van der Waals surface area contributed by atoms with E-state index in [-0.39, 0.29) is 12.1 Å². The summed E-state index contributed by atoms with van der Waals surface area (Å²) in [4.78, 5) is 15.7. The van der Waals surface area contributed by atoms with Gasteiger partial charge in [0, 0.05) is 32.7 Å². The fraction of sp³-hybridized carbons (Fsp3) is 0.917. The van der Waals surface area contributed by atoms with Gasteiger partial charge in [0.15, 0.2) is 6.29 Å². The Morgan fingerprint density at radius 3 is 2.67 bits per heavy atom. The van der Waals surface area contributed by atoms with Crippen LogP contribution >= 0.6 is 0 Å². The van der Waals surface area contributed by atoms with E-state index in [0.717, 1.165) is 19.5 Å². The van der Waals surface area contributed by atoms with Crippen molar-refractivity contribution < 1.29 is 19.4 Å². The maximum absolute atomic E-state index is 11.9. The van der Waals surface area contributed by atoms with Gasteiger partial charge in [0.1, 0.15) is 6.17 Å². The van der Waals surface area contributed by atoms with Crippen LogP contribution in [-0.4, -0.2) is 72.7 Å². The highest BCUT2D eigenvalue weighted by atomic mass is 16.6. The van der Waals surface area contributed by atoms with Gasteiger partial charge < -0.3 is 19.5 Å². The van der Waals surface area contributed by atoms with Crippen LogP contribution in [0.3, 0.4) is 0 Å². The Morgan fingerprint density at radius 2 is 2.11 bits per heavy atom. The summed E-state index contributed by atoms with van der Waals surface area (Å²) >= 11 is 0. The van der Waals surface area contributed by atoms with E-state index >= 15 is 0 Å². The SMILES string of the molecule is CCOC(O)C(N1CCOCC1)N1CCCC1=O. The lowest BCUT2D eigenvalue weighted by atomic mass is 10.3. The molecule has 2 rings (SSSR count). The zero-order valence-corrected chi connectivity index (χ0v) is 10.9. The molecule has 18 heavy (non-hydrogen) atoms. The van der Waals surface area contributed by atoms with Crippen LogP contribution in [0.25, 0.3) is 0 Å². The van der Waals surface area contributed by atoms with Crippen molar-refractivity contribution in [2.24, 2.45) is 0 Å². The van der Waals surface area contributed by atoms with Crippen LogP contribution in [-0.2, 0) is 14.3 Å². The fourth-order valence-corrected chi connectivity index (χ4v) is 2.58. The van der Waals surface area contributed by atoms with Crippen molar-refractivity contribution in [2.75, 3.05) is 39.5 Å². The molecule has 2 atom stereocenters. The van der Waals surface area contributed by atoms with E-state index in [1.54, 1.807) is 4.90 Å². The minimum atomic E-state index is -0.949. The molecular weight excluding hydrogens is 236 g/mol. The average molecular weight is 258 g/mol. The summed E-state index contributed by atoms with van der Waals surface area (Å²) in [7, 11) is 0. The van der Waals surface area contributed by atoms with Crippen LogP contribution < -0.4 is 0 Å². The van der Waals surface area contributed by atoms with E-state index in [1.165, 1.54) is 0 Å². The first-order valence-electron chi connectivity index (χ1n) is 6.65. The summed E-state index contributed by atoms with van der Waals surface area (Å²) in [6, 6.07) is 0. The third-order valence-corrected chi connectivity index (χ3v) is 3.44. The third-order valence-electron chi connectivity index (χ3n) is 3.44. The van der Waals surface area contributed by atoms with Crippen LogP contribution in [0.2, 0.25) is 0 Å². The van der Waals surface area contributed by atoms with E-state index in [4.69, 9.17) is 9.47 Å². The minimum Gasteiger partial charge on any atom is -0.379 e. The number of hydrogen-bond acceptors (Lipinski definition) is 5. The Balaban J connectivity index is 2.07. The number of amides is 1. The highest BCUT2D eigenvalue weighted by Crippen LogP contribution is 2.20. The van der Waals surface area contributed by atoms with Gasteiger partial charge in [-0.2, -0.15) is 0 Å². The zero-order valence-electron chi connectivity index (χ0n) is 10.9. The zero-order chi connectivity index (χ0) is 13.0. The number of nitrogens with zero attached hydrogens (tertiary/aromatic N) is 2. The van der Waals surface area contributed by atoms with E-state index < -0.39 is 6.29 Å². The molecular formula is C12H22N2O4. The maximum Gasteiger partial charge on any atom is 0.224 e. The third kappa shape index (κ3) is 3.00. The summed E-state index contributed by atoms with van der Waals surface area (Å²) in [5.74, 6) is 0.102. The number of ether oxygens (including phenoxy) is 2. The van der Waals surface area contributed by atoms with Gasteiger partial charge in [0.25, 0.3) is 0 Å². The van der Waals surface area contributed by atoms with Crippen molar-refractivity contribution in [3.8, 4) is 0 Å². The molecule has 2 fully saturated rings. The predicted molar refractivity (Wildman–Crippen MR) is 64.8 cm³/mol. The summed E-state index contributed by atoms with van der Waals surface area (Å²) in [6.07, 6.45) is 0.108. The Labute approximate surface area is 107 Å². The second-order valence-corrected chi connectivity index (χ2v) is 4.60. The highest BCUT2D eigenvalue weighted by molar-refractivity contribution is 5.78. The number of carbonyl (C=O) groups is 1. The topological polar surface area (TPSA) is 62.2 Å². The smallest absolute Gasteiger partial charge is 0.224 e. The lowest BCUT2D eigenvalue weighted by Gasteiger charge is -2.41. The van der Waals surface area contributed by atoms with Crippen molar-refractivity contribution in [2.45, 2.75) is 32.2 Å². The lowest BCUT2D eigenvalue weighted by Crippen LogP contribution is -2.58. The fourth-order valence-electron chi connectivity index (χ4n) is 2.58. The van der Waals surface area contributed by atoms with Gasteiger partial charge in [-0.3, -0.25) is 9.69 Å². The van der Waals surface area contributed by atoms with Crippen molar-refractivity contribution in [3.63, 3.8) is 0 Å². The Morgan fingerprint density at radius 1 is 1.39 bits per heavy atom. The first-order chi connectivity index (χ1) is 8.74. The molecule has 0 aromatic rings. The first kappa shape index (κ1) is 13.7. The Kier molecular flexibility index (Phi) is 4.94. The van der Waals surface area contributed by atoms with E-state index in [1.807, 2.05) is 6.92 Å². The molecule has 104 valence electrons. The Bertz CT molecular complexity index is 281. The Hall–Kier alpha value is -0.690. The normalized spacial score (nSPS) is 25.4. The monoisotopic (exact) mass is 258 g/mol. The van der Waals surface area contributed by atoms with Gasteiger partial charge in [-0.25, -0.2) is 0 Å². The number of aliphatic hydroxyl groups excluding tert-OH is 1. The van der Waals surface area contributed by atoms with Crippen molar-refractivity contribution in [1.82, 2.24) is 9.80 Å². The van der Waals surface area contributed by atoms with Crippen LogP contribution in [0.15, 0.2) is 0 Å². The summed E-state index contributed by atoms with van der Waals surface area (Å²) in [5.41, 5.74) is 0. The lowest BCUT2D eigenvalue weighted by molar-refractivity contribution is -0.192. The van der Waals surface area contributed by atoms with E-state index in [9.17, 15) is 9.90 Å². The number of likely N-dealkylation sites (tertiary alicyclic amines) is 1. The standard InChI is InChI=1S/C12H22N2O4/c1-2-18-12(16)11(13-6-8-17-9-7-13)14-5-3-4-10(14)15/h11-12,16H,2-9H2,1H3. The molecule has 6 nitrogen and oxygen atoms in total. The summed E-state index contributed by atoms with van der Waals surface area (Å²) in [5, 5.41) is 10.1. The van der Waals surface area contributed by atoms with Crippen LogP contribution in [0.5, 0.6) is 0 Å². The van der Waals surface area contributed by atoms with Gasteiger partial charge in [-0.15, -0.1) is 0 Å². The number of hydrogen-bond donors (Lipinski definition) is 1. The highest BCUT2D eigenvalue weighted by Gasteiger charge is 2.37. The second kappa shape index (κ2) is 6.47. The molecule has 2 unspecified atom stereocenters. The van der Waals surface area contributed by atoms with Crippen molar-refractivity contribution >= 4 is 5.91 Å². The first-order valence-corrected chi connectivity index (χ1v) is 6.65. The molecule has 0 aliphatic carbocycles. The van der Waals surface area contributed by atoms with Gasteiger partial charge in [0.2, 0.25) is 5.91 Å². The van der Waals surface area contributed by atoms with Crippen LogP contribution in [0, 0.1) is 0 Å². The quantitative estimate of drug-likeness (QED) is 0.681. The van der Waals surface area contributed by atoms with Gasteiger partial charge in [-0.1, -0.05) is 0 Å². The van der Waals surface area contributed by atoms with Gasteiger partial charge in [-0.05, 0) is 13.3 Å². The molecule has 0 spiro atoms. The summed E-state index contributed by atoms with van der Waals surface area (Å²) < 4.78 is 10.6. The maximum atomic E-state index is 11.9. The van der Waals surface area contributed by atoms with E-state index in [2.05, 4.69) is 4.90 Å². The number of morpholine rings is 1. The molecule has 2 saturated heterocycles. The summed E-state index contributed by atoms with van der Waals surface area (Å²) in [6.45, 7) is 5.69. The van der Waals surface area contributed by atoms with Gasteiger partial charge >= 0.3 is 0 Å². The van der Waals surface area contributed by atoms with E-state index in [0.29, 0.717) is 32.8 Å². The van der Waals surface area contributed by atoms with Crippen LogP contribution in [0.4, 0.5) is 0 Å². The molecule has 0 bridgehead atoms. The molecule has 0 radical (unpaired) electrons. The molecule has 6 heteroatoms. The van der Waals surface area contributed by atoms with Gasteiger partial charge in [0.05, 0.1) is 13.2 Å². The predicted octanol–water partition coefficient (Wildman–Crippen LogP) is -0.378. The molecule has 2 aliphatic heterocycles. The largest absolute Gasteiger partial charge is 0.379 e. The minimum absolute atomic E-state index is 0.102. The number of carbonyl (C=O) groups excluding carboxylic acids is 1. The molecule has 0 aromatic heterocycles. The van der Waals surface area contributed by atoms with Crippen molar-refractivity contribution in [3.05, 3.63) is 0 Å². The molecule has 0 saturated carbocycles. The molecule has 2 aliphatic rings. The second-order valence-electron chi connectivity index (χ2n) is 4.60. The molecule has 0 aromatic carbocycles. The molecule has 1 N–H and O–H groups in total. The molecule has 2 heterocycles. The number of aliphatic hydroxyl groups is 1. The van der Waals surface area contributed by atoms with Crippen molar-refractivity contribution in [1.29, 1.82) is 0 Å².